The van der Waals surface area contributed by atoms with Crippen molar-refractivity contribution >= 4 is 11.9 Å². The van der Waals surface area contributed by atoms with Crippen molar-refractivity contribution < 1.29 is 28.5 Å². The predicted octanol–water partition coefficient (Wildman–Crippen LogP) is 6.02. The Morgan fingerprint density at radius 3 is 2.06 bits per heavy atom. The molecule has 174 valence electrons. The molecule has 6 nitrogen and oxygen atoms in total. The molecule has 0 heterocycles. The van der Waals surface area contributed by atoms with Crippen molar-refractivity contribution in [3.8, 4) is 17.2 Å². The van der Waals surface area contributed by atoms with Crippen LogP contribution in [0.3, 0.4) is 0 Å². The van der Waals surface area contributed by atoms with Crippen LogP contribution in [0, 0.1) is 0 Å². The molecule has 0 aliphatic rings. The Morgan fingerprint density at radius 1 is 0.806 bits per heavy atom. The van der Waals surface area contributed by atoms with Crippen molar-refractivity contribution in [2.24, 2.45) is 0 Å². The molecule has 0 amide bonds. The molecule has 0 spiro atoms. The molecule has 0 aliphatic carbocycles. The number of hydrogen-bond acceptors (Lipinski definition) is 6. The topological polar surface area (TPSA) is 71.1 Å². The fourth-order valence-corrected chi connectivity index (χ4v) is 3.08. The number of carbonyl (C=O) groups is 2. The van der Waals surface area contributed by atoms with E-state index in [1.807, 2.05) is 6.08 Å². The van der Waals surface area contributed by atoms with Gasteiger partial charge in [-0.05, 0) is 31.4 Å². The lowest BCUT2D eigenvalue weighted by Crippen LogP contribution is -2.11. The van der Waals surface area contributed by atoms with Crippen molar-refractivity contribution in [2.45, 2.75) is 77.6 Å². The van der Waals surface area contributed by atoms with Crippen molar-refractivity contribution in [1.29, 1.82) is 0 Å². The Morgan fingerprint density at radius 2 is 1.42 bits per heavy atom. The molecule has 1 aromatic carbocycles. The molecule has 6 heteroatoms. The minimum atomic E-state index is -0.454. The molecule has 0 aromatic heterocycles. The summed E-state index contributed by atoms with van der Waals surface area (Å²) in [6, 6.07) is 5.11. The fourth-order valence-electron chi connectivity index (χ4n) is 3.08. The monoisotopic (exact) mass is 434 g/mol. The van der Waals surface area contributed by atoms with Gasteiger partial charge in [-0.2, -0.15) is 0 Å². The Hall–Kier alpha value is -2.50. The molecule has 0 unspecified atom stereocenters. The molecule has 31 heavy (non-hydrogen) atoms. The third kappa shape index (κ3) is 12.1. The minimum Gasteiger partial charge on any atom is -0.493 e. The highest BCUT2D eigenvalue weighted by Crippen LogP contribution is 2.37. The number of rotatable bonds is 17. The van der Waals surface area contributed by atoms with E-state index in [2.05, 4.69) is 13.0 Å². The molecular weight excluding hydrogens is 396 g/mol. The third-order valence-corrected chi connectivity index (χ3v) is 4.84. The zero-order valence-corrected chi connectivity index (χ0v) is 19.3. The summed E-state index contributed by atoms with van der Waals surface area (Å²) in [6.07, 6.45) is 14.6. The van der Waals surface area contributed by atoms with Crippen LogP contribution in [0.4, 0.5) is 0 Å². The van der Waals surface area contributed by atoms with Gasteiger partial charge in [0.2, 0.25) is 5.75 Å². The number of hydrogen-bond donors (Lipinski definition) is 0. The molecule has 0 atom stereocenters. The van der Waals surface area contributed by atoms with Gasteiger partial charge in [-0.15, -0.1) is 0 Å². The normalized spacial score (nSPS) is 10.8. The lowest BCUT2D eigenvalue weighted by molar-refractivity contribution is -0.142. The van der Waals surface area contributed by atoms with Crippen LogP contribution in [0.5, 0.6) is 17.2 Å². The second-order valence-corrected chi connectivity index (χ2v) is 7.38. The summed E-state index contributed by atoms with van der Waals surface area (Å²) < 4.78 is 20.9. The van der Waals surface area contributed by atoms with E-state index in [-0.39, 0.29) is 31.2 Å². The molecular formula is C25H38O6. The SMILES string of the molecule is CCCCCCCCC/C=C/COC(=O)CCCC(=O)Oc1c(OC)cccc1OC. The van der Waals surface area contributed by atoms with E-state index in [0.717, 1.165) is 6.42 Å². The van der Waals surface area contributed by atoms with E-state index in [1.54, 1.807) is 18.2 Å². The van der Waals surface area contributed by atoms with Gasteiger partial charge in [0, 0.05) is 12.8 Å². The van der Waals surface area contributed by atoms with Gasteiger partial charge in [-0.3, -0.25) is 9.59 Å². The average Bonchev–Trinajstić information content (AvgIpc) is 2.77. The minimum absolute atomic E-state index is 0.102. The highest BCUT2D eigenvalue weighted by atomic mass is 16.6. The molecule has 0 saturated carbocycles. The van der Waals surface area contributed by atoms with Crippen LogP contribution in [0.15, 0.2) is 30.4 Å². The Bertz CT molecular complexity index is 646. The second-order valence-electron chi connectivity index (χ2n) is 7.38. The van der Waals surface area contributed by atoms with Gasteiger partial charge in [0.1, 0.15) is 6.61 Å². The number of benzene rings is 1. The molecule has 0 fully saturated rings. The van der Waals surface area contributed by atoms with Gasteiger partial charge < -0.3 is 18.9 Å². The summed E-state index contributed by atoms with van der Waals surface area (Å²) in [5.41, 5.74) is 0. The maximum Gasteiger partial charge on any atom is 0.311 e. The van der Waals surface area contributed by atoms with Crippen molar-refractivity contribution in [3.05, 3.63) is 30.4 Å². The van der Waals surface area contributed by atoms with E-state index in [1.165, 1.54) is 59.2 Å². The van der Waals surface area contributed by atoms with Gasteiger partial charge in [-0.25, -0.2) is 0 Å². The van der Waals surface area contributed by atoms with E-state index < -0.39 is 5.97 Å². The summed E-state index contributed by atoms with van der Waals surface area (Å²) in [7, 11) is 2.98. The first-order valence-electron chi connectivity index (χ1n) is 11.3. The zero-order chi connectivity index (χ0) is 22.7. The maximum absolute atomic E-state index is 12.1. The quantitative estimate of drug-likeness (QED) is 0.129. The molecule has 0 bridgehead atoms. The van der Waals surface area contributed by atoms with Crippen LogP contribution in [-0.2, 0) is 14.3 Å². The number of methoxy groups -OCH3 is 2. The third-order valence-electron chi connectivity index (χ3n) is 4.84. The molecule has 1 aromatic rings. The standard InChI is InChI=1S/C25H38O6/c1-4-5-6-7-8-9-10-11-12-13-20-30-23(26)18-15-19-24(27)31-25-21(28-2)16-14-17-22(25)29-3/h12-14,16-17H,4-11,15,18-20H2,1-3H3/b13-12+. The lowest BCUT2D eigenvalue weighted by Gasteiger charge is -2.12. The van der Waals surface area contributed by atoms with E-state index in [0.29, 0.717) is 17.9 Å². The summed E-state index contributed by atoms with van der Waals surface area (Å²) >= 11 is 0. The van der Waals surface area contributed by atoms with Crippen LogP contribution < -0.4 is 14.2 Å². The molecule has 1 rings (SSSR count). The van der Waals surface area contributed by atoms with Crippen LogP contribution >= 0.6 is 0 Å². The first kappa shape index (κ1) is 26.5. The zero-order valence-electron chi connectivity index (χ0n) is 19.3. The highest BCUT2D eigenvalue weighted by Gasteiger charge is 2.16. The lowest BCUT2D eigenvalue weighted by atomic mass is 10.1. The van der Waals surface area contributed by atoms with Crippen LogP contribution in [0.2, 0.25) is 0 Å². The number of para-hydroxylation sites is 1. The highest BCUT2D eigenvalue weighted by molar-refractivity contribution is 5.76. The van der Waals surface area contributed by atoms with Gasteiger partial charge >= 0.3 is 11.9 Å². The fraction of sp³-hybridized carbons (Fsp3) is 0.600. The molecule has 0 N–H and O–H groups in total. The smallest absolute Gasteiger partial charge is 0.311 e. The van der Waals surface area contributed by atoms with Crippen molar-refractivity contribution in [2.75, 3.05) is 20.8 Å². The summed E-state index contributed by atoms with van der Waals surface area (Å²) in [5.74, 6) is 0.297. The van der Waals surface area contributed by atoms with Gasteiger partial charge in [0.25, 0.3) is 0 Å². The summed E-state index contributed by atoms with van der Waals surface area (Å²) in [6.45, 7) is 2.51. The van der Waals surface area contributed by atoms with E-state index in [4.69, 9.17) is 18.9 Å². The second kappa shape index (κ2) is 17.2. The van der Waals surface area contributed by atoms with Crippen molar-refractivity contribution in [3.63, 3.8) is 0 Å². The van der Waals surface area contributed by atoms with E-state index >= 15 is 0 Å². The number of carbonyl (C=O) groups excluding carboxylic acids is 2. The molecule has 0 saturated heterocycles. The van der Waals surface area contributed by atoms with Gasteiger partial charge in [-0.1, -0.05) is 63.7 Å². The van der Waals surface area contributed by atoms with Crippen LogP contribution in [0.1, 0.15) is 77.6 Å². The van der Waals surface area contributed by atoms with Crippen molar-refractivity contribution in [1.82, 2.24) is 0 Å². The number of ether oxygens (including phenoxy) is 4. The summed E-state index contributed by atoms with van der Waals surface area (Å²) in [5, 5.41) is 0. The average molecular weight is 435 g/mol. The first-order chi connectivity index (χ1) is 15.1. The van der Waals surface area contributed by atoms with E-state index in [9.17, 15) is 9.59 Å². The van der Waals surface area contributed by atoms with Gasteiger partial charge in [0.15, 0.2) is 11.5 Å². The van der Waals surface area contributed by atoms with Crippen LogP contribution in [0.25, 0.3) is 0 Å². The summed E-state index contributed by atoms with van der Waals surface area (Å²) in [4.78, 5) is 23.9. The maximum atomic E-state index is 12.1. The number of allylic oxidation sites excluding steroid dienone is 1. The number of unbranched alkanes of at least 4 members (excludes halogenated alkanes) is 7. The predicted molar refractivity (Wildman–Crippen MR) is 122 cm³/mol. The van der Waals surface area contributed by atoms with Crippen LogP contribution in [-0.4, -0.2) is 32.8 Å². The Balaban J connectivity index is 2.13. The first-order valence-corrected chi connectivity index (χ1v) is 11.3. The largest absolute Gasteiger partial charge is 0.493 e. The Kier molecular flexibility index (Phi) is 14.7. The van der Waals surface area contributed by atoms with Gasteiger partial charge in [0.05, 0.1) is 14.2 Å². The molecule has 0 radical (unpaired) electrons. The Labute approximate surface area is 186 Å². The molecule has 0 aliphatic heterocycles. The number of esters is 2.